The second kappa shape index (κ2) is 8.51. The van der Waals surface area contributed by atoms with Gasteiger partial charge in [0.1, 0.15) is 24.7 Å². The van der Waals surface area contributed by atoms with Crippen molar-refractivity contribution in [2.45, 2.75) is 12.6 Å². The number of phenolic OH excluding ortho intramolecular Hbond substituents is 1. The number of amides is 1. The van der Waals surface area contributed by atoms with E-state index < -0.39 is 17.7 Å². The van der Waals surface area contributed by atoms with E-state index in [-0.39, 0.29) is 29.4 Å². The first-order valence-corrected chi connectivity index (χ1v) is 10.6. The second-order valence-corrected chi connectivity index (χ2v) is 7.80. The zero-order valence-corrected chi connectivity index (χ0v) is 18.2. The summed E-state index contributed by atoms with van der Waals surface area (Å²) in [5.74, 6) is -0.472. The molecule has 2 aromatic carbocycles. The molecular weight excluding hydrogens is 442 g/mol. The Morgan fingerprint density at radius 2 is 1.88 bits per heavy atom. The summed E-state index contributed by atoms with van der Waals surface area (Å²) in [5, 5.41) is 21.3. The highest BCUT2D eigenvalue weighted by atomic mass is 16.6. The molecule has 0 saturated carbocycles. The highest BCUT2D eigenvalue weighted by Crippen LogP contribution is 2.43. The summed E-state index contributed by atoms with van der Waals surface area (Å²) in [6.07, 6.45) is 1.47. The number of ether oxygens (including phenoxy) is 3. The molecule has 1 amide bonds. The number of nitrogens with zero attached hydrogens (tertiary/aromatic N) is 1. The zero-order chi connectivity index (χ0) is 23.8. The van der Waals surface area contributed by atoms with E-state index in [0.29, 0.717) is 41.6 Å². The quantitative estimate of drug-likeness (QED) is 0.336. The molecule has 174 valence electrons. The molecule has 1 aromatic heterocycles. The molecule has 0 spiro atoms. The number of carbonyl (C=O) groups is 2. The van der Waals surface area contributed by atoms with Crippen LogP contribution in [-0.4, -0.2) is 47.1 Å². The van der Waals surface area contributed by atoms with E-state index >= 15 is 0 Å². The molecule has 9 nitrogen and oxygen atoms in total. The molecule has 0 bridgehead atoms. The molecular formula is C25H21NO8. The van der Waals surface area contributed by atoms with Crippen molar-refractivity contribution in [3.05, 3.63) is 77.3 Å². The van der Waals surface area contributed by atoms with Gasteiger partial charge in [0.25, 0.3) is 11.7 Å². The fourth-order valence-electron chi connectivity index (χ4n) is 4.17. The van der Waals surface area contributed by atoms with Gasteiger partial charge >= 0.3 is 0 Å². The van der Waals surface area contributed by atoms with Crippen LogP contribution in [0.25, 0.3) is 5.76 Å². The standard InChI is InChI=1S/C25H21NO8/c1-31-19-11-14(4-6-17(19)27)22-21(24(29)25(30)26(22)13-16-3-2-8-32-16)23(28)15-5-7-18-20(12-15)34-10-9-33-18/h2-8,11-12,22,27-28H,9-10,13H2,1H3/t22-/m1/s1. The number of hydrogen-bond acceptors (Lipinski definition) is 8. The first-order valence-electron chi connectivity index (χ1n) is 10.6. The van der Waals surface area contributed by atoms with Crippen LogP contribution < -0.4 is 14.2 Å². The maximum atomic E-state index is 13.2. The van der Waals surface area contributed by atoms with Gasteiger partial charge < -0.3 is 33.7 Å². The number of Topliss-reactive ketones (excluding diaryl/α,β-unsaturated/α-hetero) is 1. The number of likely N-dealkylation sites (tertiary alicyclic amines) is 1. The number of rotatable bonds is 5. The van der Waals surface area contributed by atoms with Gasteiger partial charge in [0.2, 0.25) is 0 Å². The van der Waals surface area contributed by atoms with Crippen molar-refractivity contribution >= 4 is 17.4 Å². The number of hydrogen-bond donors (Lipinski definition) is 2. The lowest BCUT2D eigenvalue weighted by Gasteiger charge is -2.25. The summed E-state index contributed by atoms with van der Waals surface area (Å²) in [6.45, 7) is 0.778. The minimum atomic E-state index is -0.951. The molecule has 9 heteroatoms. The highest BCUT2D eigenvalue weighted by molar-refractivity contribution is 6.46. The van der Waals surface area contributed by atoms with Crippen molar-refractivity contribution in [1.29, 1.82) is 0 Å². The number of aromatic hydroxyl groups is 1. The Hall–Kier alpha value is -4.40. The molecule has 0 unspecified atom stereocenters. The maximum absolute atomic E-state index is 13.2. The van der Waals surface area contributed by atoms with E-state index in [2.05, 4.69) is 0 Å². The van der Waals surface area contributed by atoms with E-state index in [9.17, 15) is 19.8 Å². The Bertz CT molecular complexity index is 1290. The van der Waals surface area contributed by atoms with Gasteiger partial charge in [-0.15, -0.1) is 0 Å². The Labute approximate surface area is 194 Å². The molecule has 3 aromatic rings. The van der Waals surface area contributed by atoms with E-state index in [1.54, 1.807) is 36.4 Å². The van der Waals surface area contributed by atoms with Crippen molar-refractivity contribution in [3.63, 3.8) is 0 Å². The smallest absolute Gasteiger partial charge is 0.296 e. The number of fused-ring (bicyclic) bond motifs is 1. The molecule has 2 N–H and O–H groups in total. The predicted octanol–water partition coefficient (Wildman–Crippen LogP) is 3.39. The average molecular weight is 463 g/mol. The molecule has 0 aliphatic carbocycles. The van der Waals surface area contributed by atoms with E-state index in [1.165, 1.54) is 30.4 Å². The maximum Gasteiger partial charge on any atom is 0.296 e. The van der Waals surface area contributed by atoms with Crippen LogP contribution in [0, 0.1) is 0 Å². The zero-order valence-electron chi connectivity index (χ0n) is 18.2. The summed E-state index contributed by atoms with van der Waals surface area (Å²) in [5.41, 5.74) is 0.677. The molecule has 1 atom stereocenters. The van der Waals surface area contributed by atoms with Crippen LogP contribution >= 0.6 is 0 Å². The summed E-state index contributed by atoms with van der Waals surface area (Å²) < 4.78 is 21.7. The van der Waals surface area contributed by atoms with Crippen LogP contribution in [0.2, 0.25) is 0 Å². The predicted molar refractivity (Wildman–Crippen MR) is 119 cm³/mol. The fourth-order valence-corrected chi connectivity index (χ4v) is 4.17. The number of methoxy groups -OCH3 is 1. The topological polar surface area (TPSA) is 119 Å². The molecule has 2 aliphatic heterocycles. The molecule has 0 radical (unpaired) electrons. The van der Waals surface area contributed by atoms with Crippen molar-refractivity contribution in [2.24, 2.45) is 0 Å². The van der Waals surface area contributed by atoms with Crippen molar-refractivity contribution in [2.75, 3.05) is 20.3 Å². The Kier molecular flexibility index (Phi) is 5.37. The van der Waals surface area contributed by atoms with Crippen LogP contribution in [0.3, 0.4) is 0 Å². The average Bonchev–Trinajstić information content (AvgIpc) is 3.46. The van der Waals surface area contributed by atoms with Gasteiger partial charge in [-0.1, -0.05) is 6.07 Å². The fraction of sp³-hybridized carbons (Fsp3) is 0.200. The number of ketones is 1. The van der Waals surface area contributed by atoms with Gasteiger partial charge in [-0.2, -0.15) is 0 Å². The third-order valence-electron chi connectivity index (χ3n) is 5.78. The van der Waals surface area contributed by atoms with Crippen LogP contribution in [0.4, 0.5) is 0 Å². The number of aliphatic hydroxyl groups is 1. The first-order chi connectivity index (χ1) is 16.5. The van der Waals surface area contributed by atoms with Gasteiger partial charge in [0.05, 0.1) is 31.5 Å². The summed E-state index contributed by atoms with van der Waals surface area (Å²) >= 11 is 0. The minimum absolute atomic E-state index is 0.00332. The van der Waals surface area contributed by atoms with Gasteiger partial charge in [0, 0.05) is 5.56 Å². The monoisotopic (exact) mass is 463 g/mol. The molecule has 2 aliphatic rings. The van der Waals surface area contributed by atoms with E-state index in [4.69, 9.17) is 18.6 Å². The molecule has 1 saturated heterocycles. The van der Waals surface area contributed by atoms with Crippen LogP contribution in [-0.2, 0) is 16.1 Å². The third kappa shape index (κ3) is 3.61. The summed E-state index contributed by atoms with van der Waals surface area (Å²) in [7, 11) is 1.40. The molecule has 3 heterocycles. The SMILES string of the molecule is COc1cc([C@@H]2C(=C(O)c3ccc4c(c3)OCCO4)C(=O)C(=O)N2Cc2ccco2)ccc1O. The number of aliphatic hydroxyl groups excluding tert-OH is 1. The lowest BCUT2D eigenvalue weighted by atomic mass is 9.94. The van der Waals surface area contributed by atoms with Crippen LogP contribution in [0.1, 0.15) is 22.9 Å². The van der Waals surface area contributed by atoms with Gasteiger partial charge in [0.15, 0.2) is 23.0 Å². The van der Waals surface area contributed by atoms with Crippen molar-refractivity contribution in [3.8, 4) is 23.0 Å². The Balaban J connectivity index is 1.66. The normalized spacial score (nSPS) is 18.9. The Morgan fingerprint density at radius 3 is 2.62 bits per heavy atom. The minimum Gasteiger partial charge on any atom is -0.507 e. The van der Waals surface area contributed by atoms with Gasteiger partial charge in [-0.05, 0) is 48.0 Å². The lowest BCUT2D eigenvalue weighted by molar-refractivity contribution is -0.140. The number of phenols is 1. The second-order valence-electron chi connectivity index (χ2n) is 7.80. The Morgan fingerprint density at radius 1 is 1.09 bits per heavy atom. The largest absolute Gasteiger partial charge is 0.507 e. The number of carbonyl (C=O) groups excluding carboxylic acids is 2. The molecule has 5 rings (SSSR count). The molecule has 1 fully saturated rings. The van der Waals surface area contributed by atoms with Gasteiger partial charge in [-0.25, -0.2) is 0 Å². The van der Waals surface area contributed by atoms with Crippen molar-refractivity contribution in [1.82, 2.24) is 4.90 Å². The third-order valence-corrected chi connectivity index (χ3v) is 5.78. The van der Waals surface area contributed by atoms with Crippen LogP contribution in [0.15, 0.2) is 64.8 Å². The molecule has 34 heavy (non-hydrogen) atoms. The number of benzene rings is 2. The number of furan rings is 1. The highest BCUT2D eigenvalue weighted by Gasteiger charge is 2.46. The summed E-state index contributed by atoms with van der Waals surface area (Å²) in [4.78, 5) is 27.6. The van der Waals surface area contributed by atoms with E-state index in [0.717, 1.165) is 0 Å². The lowest BCUT2D eigenvalue weighted by Crippen LogP contribution is -2.29. The van der Waals surface area contributed by atoms with Crippen LogP contribution in [0.5, 0.6) is 23.0 Å². The van der Waals surface area contributed by atoms with E-state index in [1.807, 2.05) is 0 Å². The summed E-state index contributed by atoms with van der Waals surface area (Å²) in [6, 6.07) is 11.7. The van der Waals surface area contributed by atoms with Gasteiger partial charge in [-0.3, -0.25) is 9.59 Å². The first kappa shape index (κ1) is 21.4. The van der Waals surface area contributed by atoms with Crippen molar-refractivity contribution < 1.29 is 38.4 Å².